The maximum absolute atomic E-state index is 12.1. The number of halogens is 3. The number of anilines is 1. The molecule has 1 heterocycles. The zero-order valence-electron chi connectivity index (χ0n) is 10.6. The first-order chi connectivity index (χ1) is 9.78. The molecule has 0 fully saturated rings. The number of fused-ring (bicyclic) bond motifs is 1. The van der Waals surface area contributed by atoms with Gasteiger partial charge in [-0.15, -0.1) is 0 Å². The van der Waals surface area contributed by atoms with Gasteiger partial charge in [0.05, 0.1) is 12.2 Å². The first-order valence-corrected chi connectivity index (χ1v) is 5.88. The first kappa shape index (κ1) is 14.9. The zero-order chi connectivity index (χ0) is 15.6. The number of ether oxygens (including phenoxy) is 1. The molecule has 1 aliphatic rings. The fourth-order valence-corrected chi connectivity index (χ4v) is 1.83. The summed E-state index contributed by atoms with van der Waals surface area (Å²) >= 11 is 0. The lowest BCUT2D eigenvalue weighted by Crippen LogP contribution is -2.51. The lowest BCUT2D eigenvalue weighted by Gasteiger charge is -2.33. The fraction of sp³-hybridized carbons (Fsp3) is 0.333. The third-order valence-corrected chi connectivity index (χ3v) is 2.73. The van der Waals surface area contributed by atoms with Crippen LogP contribution in [0.1, 0.15) is 0 Å². The van der Waals surface area contributed by atoms with E-state index in [-0.39, 0.29) is 18.0 Å². The number of carboxylic acid groups (broad SMARTS) is 1. The highest BCUT2D eigenvalue weighted by molar-refractivity contribution is 5.95. The molecule has 0 spiro atoms. The Hall–Kier alpha value is -2.45. The summed E-state index contributed by atoms with van der Waals surface area (Å²) in [5.41, 5.74) is 0.217. The topological polar surface area (TPSA) is 78.9 Å². The summed E-state index contributed by atoms with van der Waals surface area (Å²) < 4.78 is 41.6. The number of nitrogens with zero attached hydrogens (tertiary/aromatic N) is 1. The molecule has 0 radical (unpaired) electrons. The number of amides is 2. The van der Waals surface area contributed by atoms with Crippen molar-refractivity contribution in [3.63, 3.8) is 0 Å². The van der Waals surface area contributed by atoms with Gasteiger partial charge in [-0.25, -0.2) is 9.59 Å². The number of hydrogen-bond donors (Lipinski definition) is 2. The van der Waals surface area contributed by atoms with E-state index in [0.717, 1.165) is 4.90 Å². The van der Waals surface area contributed by atoms with Gasteiger partial charge in [-0.2, -0.15) is 13.2 Å². The van der Waals surface area contributed by atoms with Crippen molar-refractivity contribution < 1.29 is 32.6 Å². The van der Waals surface area contributed by atoms with Crippen LogP contribution in [0.25, 0.3) is 0 Å². The molecule has 6 nitrogen and oxygen atoms in total. The molecule has 0 aromatic heterocycles. The first-order valence-electron chi connectivity index (χ1n) is 5.88. The second-order valence-electron chi connectivity index (χ2n) is 4.30. The van der Waals surface area contributed by atoms with E-state index in [1.165, 1.54) is 12.1 Å². The summed E-state index contributed by atoms with van der Waals surface area (Å²) in [6, 6.07) is 4.99. The lowest BCUT2D eigenvalue weighted by molar-refractivity contribution is -0.144. The molecule has 2 amide bonds. The number of aliphatic carboxylic acids is 1. The molecule has 1 aromatic rings. The highest BCUT2D eigenvalue weighted by Crippen LogP contribution is 2.33. The number of benzene rings is 1. The number of para-hydroxylation sites is 2. The number of hydrogen-bond acceptors (Lipinski definition) is 3. The van der Waals surface area contributed by atoms with Crippen LogP contribution in [0.15, 0.2) is 24.3 Å². The Balaban J connectivity index is 2.21. The van der Waals surface area contributed by atoms with Gasteiger partial charge in [0.15, 0.2) is 0 Å². The molecule has 1 aromatic carbocycles. The minimum Gasteiger partial charge on any atom is -0.478 e. The fourth-order valence-electron chi connectivity index (χ4n) is 1.83. The lowest BCUT2D eigenvalue weighted by atomic mass is 10.2. The molecule has 0 saturated heterocycles. The van der Waals surface area contributed by atoms with Crippen LogP contribution < -0.4 is 15.0 Å². The van der Waals surface area contributed by atoms with Gasteiger partial charge < -0.3 is 15.2 Å². The van der Waals surface area contributed by atoms with Crippen LogP contribution in [0, 0.1) is 0 Å². The average Bonchev–Trinajstić information content (AvgIpc) is 2.42. The molecule has 0 saturated carbocycles. The van der Waals surface area contributed by atoms with E-state index < -0.39 is 30.8 Å². The second-order valence-corrected chi connectivity index (χ2v) is 4.30. The van der Waals surface area contributed by atoms with Crippen molar-refractivity contribution in [2.24, 2.45) is 0 Å². The SMILES string of the molecule is O=C(O)C1CN(C(=O)NCC(F)(F)F)c2ccccc2O1. The molecule has 1 aliphatic heterocycles. The summed E-state index contributed by atoms with van der Waals surface area (Å²) in [5, 5.41) is 10.7. The number of carbonyl (C=O) groups is 2. The van der Waals surface area contributed by atoms with Crippen LogP contribution >= 0.6 is 0 Å². The van der Waals surface area contributed by atoms with Crippen molar-refractivity contribution in [3.05, 3.63) is 24.3 Å². The van der Waals surface area contributed by atoms with Crippen molar-refractivity contribution in [1.82, 2.24) is 5.32 Å². The summed E-state index contributed by atoms with van der Waals surface area (Å²) in [6.07, 6.45) is -5.88. The van der Waals surface area contributed by atoms with E-state index in [4.69, 9.17) is 9.84 Å². The Morgan fingerprint density at radius 1 is 1.38 bits per heavy atom. The van der Waals surface area contributed by atoms with Crippen molar-refractivity contribution >= 4 is 17.7 Å². The number of carboxylic acids is 1. The monoisotopic (exact) mass is 304 g/mol. The number of carbonyl (C=O) groups excluding carboxylic acids is 1. The van der Waals surface area contributed by atoms with Gasteiger partial charge in [0, 0.05) is 0 Å². The van der Waals surface area contributed by atoms with E-state index in [2.05, 4.69) is 0 Å². The van der Waals surface area contributed by atoms with E-state index >= 15 is 0 Å². The van der Waals surface area contributed by atoms with Gasteiger partial charge in [-0.05, 0) is 12.1 Å². The molecule has 21 heavy (non-hydrogen) atoms. The van der Waals surface area contributed by atoms with Gasteiger partial charge >= 0.3 is 18.2 Å². The maximum atomic E-state index is 12.1. The normalized spacial score (nSPS) is 17.7. The van der Waals surface area contributed by atoms with Crippen LogP contribution in [0.5, 0.6) is 5.75 Å². The third-order valence-electron chi connectivity index (χ3n) is 2.73. The van der Waals surface area contributed by atoms with Crippen LogP contribution in [0.3, 0.4) is 0 Å². The summed E-state index contributed by atoms with van der Waals surface area (Å²) in [7, 11) is 0. The highest BCUT2D eigenvalue weighted by atomic mass is 19.4. The van der Waals surface area contributed by atoms with Crippen LogP contribution in [-0.2, 0) is 4.79 Å². The van der Waals surface area contributed by atoms with Gasteiger partial charge in [0.1, 0.15) is 12.3 Å². The highest BCUT2D eigenvalue weighted by Gasteiger charge is 2.35. The molecule has 2 rings (SSSR count). The van der Waals surface area contributed by atoms with Crippen molar-refractivity contribution in [2.75, 3.05) is 18.0 Å². The molecule has 1 unspecified atom stereocenters. The van der Waals surface area contributed by atoms with Crippen molar-refractivity contribution in [1.29, 1.82) is 0 Å². The van der Waals surface area contributed by atoms with Gasteiger partial charge in [0.2, 0.25) is 6.10 Å². The number of urea groups is 1. The molecular formula is C12H11F3N2O4. The Morgan fingerprint density at radius 3 is 2.67 bits per heavy atom. The molecule has 9 heteroatoms. The van der Waals surface area contributed by atoms with E-state index in [0.29, 0.717) is 0 Å². The van der Waals surface area contributed by atoms with E-state index in [9.17, 15) is 22.8 Å². The quantitative estimate of drug-likeness (QED) is 0.870. The number of rotatable bonds is 2. The van der Waals surface area contributed by atoms with Gasteiger partial charge in [0.25, 0.3) is 0 Å². The predicted molar refractivity (Wildman–Crippen MR) is 65.3 cm³/mol. The smallest absolute Gasteiger partial charge is 0.405 e. The zero-order valence-corrected chi connectivity index (χ0v) is 10.6. The summed E-state index contributed by atoms with van der Waals surface area (Å²) in [5.74, 6) is -1.18. The largest absolute Gasteiger partial charge is 0.478 e. The number of alkyl halides is 3. The van der Waals surface area contributed by atoms with Gasteiger partial charge in [-0.1, -0.05) is 12.1 Å². The van der Waals surface area contributed by atoms with Crippen molar-refractivity contribution in [2.45, 2.75) is 12.3 Å². The van der Waals surface area contributed by atoms with Gasteiger partial charge in [-0.3, -0.25) is 4.90 Å². The van der Waals surface area contributed by atoms with Crippen LogP contribution in [0.2, 0.25) is 0 Å². The van der Waals surface area contributed by atoms with Crippen LogP contribution in [0.4, 0.5) is 23.7 Å². The minimum atomic E-state index is -4.55. The van der Waals surface area contributed by atoms with Crippen molar-refractivity contribution in [3.8, 4) is 5.75 Å². The summed E-state index contributed by atoms with van der Waals surface area (Å²) in [6.45, 7) is -1.88. The summed E-state index contributed by atoms with van der Waals surface area (Å²) in [4.78, 5) is 23.7. The minimum absolute atomic E-state index is 0.123. The Bertz CT molecular complexity index is 562. The third kappa shape index (κ3) is 3.56. The molecule has 114 valence electrons. The molecule has 1 atom stereocenters. The molecule has 0 bridgehead atoms. The second kappa shape index (κ2) is 5.51. The van der Waals surface area contributed by atoms with E-state index in [1.54, 1.807) is 17.4 Å². The standard InChI is InChI=1S/C12H11F3N2O4/c13-12(14,15)6-16-11(20)17-5-9(10(18)19)21-8-4-2-1-3-7(8)17/h1-4,9H,5-6H2,(H,16,20)(H,18,19). The molecule has 0 aliphatic carbocycles. The predicted octanol–water partition coefficient (Wildman–Crippen LogP) is 1.61. The maximum Gasteiger partial charge on any atom is 0.405 e. The Morgan fingerprint density at radius 2 is 2.05 bits per heavy atom. The molecule has 2 N–H and O–H groups in total. The van der Waals surface area contributed by atoms with Crippen LogP contribution in [-0.4, -0.2) is 42.5 Å². The Labute approximate surface area is 117 Å². The number of nitrogens with one attached hydrogen (secondary N) is 1. The Kier molecular flexibility index (Phi) is 3.92. The van der Waals surface area contributed by atoms with E-state index in [1.807, 2.05) is 0 Å². The average molecular weight is 304 g/mol. The molecular weight excluding hydrogens is 293 g/mol.